The highest BCUT2D eigenvalue weighted by molar-refractivity contribution is 5.91. The lowest BCUT2D eigenvalue weighted by Gasteiger charge is -2.20. The van der Waals surface area contributed by atoms with Gasteiger partial charge in [-0.1, -0.05) is 13.0 Å². The van der Waals surface area contributed by atoms with E-state index >= 15 is 0 Å². The molecule has 114 valence electrons. The van der Waals surface area contributed by atoms with Gasteiger partial charge in [-0.3, -0.25) is 4.79 Å². The second-order valence-corrected chi connectivity index (χ2v) is 5.64. The molecule has 0 fully saturated rings. The van der Waals surface area contributed by atoms with Crippen LogP contribution in [0.15, 0.2) is 24.4 Å². The smallest absolute Gasteiger partial charge is 0.310 e. The van der Waals surface area contributed by atoms with Crippen LogP contribution in [-0.4, -0.2) is 35.5 Å². The lowest BCUT2D eigenvalue weighted by Crippen LogP contribution is -2.28. The van der Waals surface area contributed by atoms with Crippen molar-refractivity contribution >= 4 is 16.9 Å². The molecule has 0 saturated heterocycles. The van der Waals surface area contributed by atoms with E-state index in [0.29, 0.717) is 18.2 Å². The number of carbonyl (C=O) groups excluding carboxylic acids is 1. The van der Waals surface area contributed by atoms with Crippen LogP contribution in [0.4, 0.5) is 0 Å². The summed E-state index contributed by atoms with van der Waals surface area (Å²) >= 11 is 0. The Bertz CT molecular complexity index is 616. The van der Waals surface area contributed by atoms with E-state index in [1.807, 2.05) is 24.4 Å². The van der Waals surface area contributed by atoms with E-state index in [1.165, 1.54) is 5.56 Å². The van der Waals surface area contributed by atoms with Crippen LogP contribution in [0.3, 0.4) is 0 Å². The van der Waals surface area contributed by atoms with Gasteiger partial charge in [-0.05, 0) is 45.0 Å². The Labute approximate surface area is 126 Å². The second kappa shape index (κ2) is 6.76. The first-order chi connectivity index (χ1) is 10.0. The zero-order valence-corrected chi connectivity index (χ0v) is 13.3. The minimum absolute atomic E-state index is 0.200. The summed E-state index contributed by atoms with van der Waals surface area (Å²) < 4.78 is 5.46. The zero-order valence-electron chi connectivity index (χ0n) is 13.3. The highest BCUT2D eigenvalue weighted by atomic mass is 16.5. The van der Waals surface area contributed by atoms with Gasteiger partial charge in [0, 0.05) is 36.1 Å². The molecule has 1 aromatic carbocycles. The normalized spacial score (nSPS) is 11.5. The standard InChI is InChI=1S/C17H24N2O2/c1-5-16(20)21-15-8-6-7-14-17(15)13(11-18-14)9-10-19(4)12(2)3/h6-8,11-12,18H,5,9-10H2,1-4H3. The van der Waals surface area contributed by atoms with Crippen LogP contribution in [0, 0.1) is 0 Å². The van der Waals surface area contributed by atoms with Gasteiger partial charge < -0.3 is 14.6 Å². The number of hydrogen-bond acceptors (Lipinski definition) is 3. The molecule has 0 aliphatic heterocycles. The van der Waals surface area contributed by atoms with Crippen molar-refractivity contribution in [1.29, 1.82) is 0 Å². The summed E-state index contributed by atoms with van der Waals surface area (Å²) in [7, 11) is 2.12. The number of aromatic nitrogens is 1. The molecule has 0 spiro atoms. The average Bonchev–Trinajstić information content (AvgIpc) is 2.88. The number of H-pyrrole nitrogens is 1. The molecule has 0 radical (unpaired) electrons. The number of aromatic amines is 1. The van der Waals surface area contributed by atoms with Crippen LogP contribution in [0.25, 0.3) is 10.9 Å². The molecule has 1 aromatic heterocycles. The number of nitrogens with zero attached hydrogens (tertiary/aromatic N) is 1. The fourth-order valence-electron chi connectivity index (χ4n) is 2.25. The molecule has 0 unspecified atom stereocenters. The average molecular weight is 288 g/mol. The predicted octanol–water partition coefficient (Wildman–Crippen LogP) is 3.37. The molecule has 2 rings (SSSR count). The number of esters is 1. The van der Waals surface area contributed by atoms with Crippen molar-refractivity contribution in [1.82, 2.24) is 9.88 Å². The molecule has 0 saturated carbocycles. The Balaban J connectivity index is 2.26. The molecule has 0 amide bonds. The quantitative estimate of drug-likeness (QED) is 0.655. The molecule has 2 aromatic rings. The van der Waals surface area contributed by atoms with Crippen LogP contribution >= 0.6 is 0 Å². The van der Waals surface area contributed by atoms with Gasteiger partial charge >= 0.3 is 5.97 Å². The van der Waals surface area contributed by atoms with E-state index in [0.717, 1.165) is 23.9 Å². The Morgan fingerprint density at radius 1 is 1.38 bits per heavy atom. The molecule has 4 nitrogen and oxygen atoms in total. The first-order valence-corrected chi connectivity index (χ1v) is 7.52. The molecule has 0 aliphatic carbocycles. The summed E-state index contributed by atoms with van der Waals surface area (Å²) in [4.78, 5) is 17.1. The number of hydrogen-bond donors (Lipinski definition) is 1. The van der Waals surface area contributed by atoms with Crippen molar-refractivity contribution in [3.8, 4) is 5.75 Å². The number of fused-ring (bicyclic) bond motifs is 1. The van der Waals surface area contributed by atoms with Crippen molar-refractivity contribution in [3.63, 3.8) is 0 Å². The van der Waals surface area contributed by atoms with Gasteiger partial charge in [0.1, 0.15) is 5.75 Å². The third-order valence-electron chi connectivity index (χ3n) is 3.88. The Hall–Kier alpha value is -1.81. The maximum Gasteiger partial charge on any atom is 0.310 e. The number of likely N-dealkylation sites (N-methyl/N-ethyl adjacent to an activating group) is 1. The molecule has 0 aliphatic rings. The Morgan fingerprint density at radius 3 is 2.81 bits per heavy atom. The van der Waals surface area contributed by atoms with E-state index < -0.39 is 0 Å². The van der Waals surface area contributed by atoms with Crippen LogP contribution in [0.5, 0.6) is 5.75 Å². The lowest BCUT2D eigenvalue weighted by atomic mass is 10.1. The topological polar surface area (TPSA) is 45.3 Å². The highest BCUT2D eigenvalue weighted by Gasteiger charge is 2.13. The van der Waals surface area contributed by atoms with Gasteiger partial charge in [-0.15, -0.1) is 0 Å². The SMILES string of the molecule is CCC(=O)Oc1cccc2[nH]cc(CCN(C)C(C)C)c12. The van der Waals surface area contributed by atoms with E-state index in [1.54, 1.807) is 6.92 Å². The Kier molecular flexibility index (Phi) is 5.02. The summed E-state index contributed by atoms with van der Waals surface area (Å²) in [5.41, 5.74) is 2.20. The van der Waals surface area contributed by atoms with E-state index in [9.17, 15) is 4.79 Å². The fourth-order valence-corrected chi connectivity index (χ4v) is 2.25. The van der Waals surface area contributed by atoms with Gasteiger partial charge in [0.2, 0.25) is 0 Å². The molecule has 1 heterocycles. The summed E-state index contributed by atoms with van der Waals surface area (Å²) in [5, 5.41) is 1.02. The van der Waals surface area contributed by atoms with Crippen molar-refractivity contribution < 1.29 is 9.53 Å². The molecule has 0 atom stereocenters. The monoisotopic (exact) mass is 288 g/mol. The number of carbonyl (C=O) groups is 1. The maximum absolute atomic E-state index is 11.6. The minimum Gasteiger partial charge on any atom is -0.426 e. The number of ether oxygens (including phenoxy) is 1. The number of nitrogens with one attached hydrogen (secondary N) is 1. The molecule has 4 heteroatoms. The molecular weight excluding hydrogens is 264 g/mol. The minimum atomic E-state index is -0.200. The molecule has 21 heavy (non-hydrogen) atoms. The number of benzene rings is 1. The number of rotatable bonds is 6. The Morgan fingerprint density at radius 2 is 2.14 bits per heavy atom. The van der Waals surface area contributed by atoms with Gasteiger partial charge in [0.25, 0.3) is 0 Å². The van der Waals surface area contributed by atoms with Gasteiger partial charge in [-0.2, -0.15) is 0 Å². The van der Waals surface area contributed by atoms with Gasteiger partial charge in [0.05, 0.1) is 0 Å². The highest BCUT2D eigenvalue weighted by Crippen LogP contribution is 2.29. The first-order valence-electron chi connectivity index (χ1n) is 7.52. The summed E-state index contributed by atoms with van der Waals surface area (Å²) in [6.07, 6.45) is 3.32. The first kappa shape index (κ1) is 15.6. The summed E-state index contributed by atoms with van der Waals surface area (Å²) in [5.74, 6) is 0.455. The predicted molar refractivity (Wildman–Crippen MR) is 85.7 cm³/mol. The van der Waals surface area contributed by atoms with Gasteiger partial charge in [-0.25, -0.2) is 0 Å². The van der Waals surface area contributed by atoms with E-state index in [4.69, 9.17) is 4.74 Å². The lowest BCUT2D eigenvalue weighted by molar-refractivity contribution is -0.133. The van der Waals surface area contributed by atoms with Crippen molar-refractivity contribution in [2.24, 2.45) is 0 Å². The zero-order chi connectivity index (χ0) is 15.4. The molecule has 1 N–H and O–H groups in total. The third kappa shape index (κ3) is 3.64. The van der Waals surface area contributed by atoms with E-state index in [2.05, 4.69) is 30.8 Å². The third-order valence-corrected chi connectivity index (χ3v) is 3.88. The molecule has 0 bridgehead atoms. The van der Waals surface area contributed by atoms with Gasteiger partial charge in [0.15, 0.2) is 0 Å². The van der Waals surface area contributed by atoms with Crippen molar-refractivity contribution in [2.75, 3.05) is 13.6 Å². The molecular formula is C17H24N2O2. The van der Waals surface area contributed by atoms with Crippen LogP contribution in [0.2, 0.25) is 0 Å². The van der Waals surface area contributed by atoms with Crippen molar-refractivity contribution in [3.05, 3.63) is 30.0 Å². The van der Waals surface area contributed by atoms with Crippen LogP contribution < -0.4 is 4.74 Å². The van der Waals surface area contributed by atoms with Crippen molar-refractivity contribution in [2.45, 2.75) is 39.7 Å². The van der Waals surface area contributed by atoms with E-state index in [-0.39, 0.29) is 5.97 Å². The summed E-state index contributed by atoms with van der Waals surface area (Å²) in [6.45, 7) is 7.14. The van der Waals surface area contributed by atoms with Crippen LogP contribution in [0.1, 0.15) is 32.8 Å². The fraction of sp³-hybridized carbons (Fsp3) is 0.471. The summed E-state index contributed by atoms with van der Waals surface area (Å²) in [6, 6.07) is 6.29. The van der Waals surface area contributed by atoms with Crippen LogP contribution in [-0.2, 0) is 11.2 Å². The second-order valence-electron chi connectivity index (χ2n) is 5.64. The largest absolute Gasteiger partial charge is 0.426 e. The maximum atomic E-state index is 11.6.